The zero-order valence-electron chi connectivity index (χ0n) is 12.9. The molecule has 1 aromatic carbocycles. The molecule has 7 heteroatoms. The van der Waals surface area contributed by atoms with Crippen LogP contribution in [-0.2, 0) is 4.79 Å². The fourth-order valence-electron chi connectivity index (χ4n) is 2.48. The smallest absolute Gasteiger partial charge is 0.258 e. The SMILES string of the molecule is CC1CC(=O)NN=C1c1ccc(NC(=O)c2cccnc2Cl)cc1. The highest BCUT2D eigenvalue weighted by Crippen LogP contribution is 2.19. The summed E-state index contributed by atoms with van der Waals surface area (Å²) in [6.07, 6.45) is 1.94. The first kappa shape index (κ1) is 16.1. The standard InChI is InChI=1S/C17H15ClN4O2/c1-10-9-14(23)21-22-15(10)11-4-6-12(7-5-11)20-17(24)13-3-2-8-19-16(13)18/h2-8,10H,9H2,1H3,(H,20,24)(H,21,23). The fraction of sp³-hybridized carbons (Fsp3) is 0.176. The second kappa shape index (κ2) is 6.80. The molecule has 2 amide bonds. The molecule has 0 aliphatic carbocycles. The number of amides is 2. The molecule has 0 spiro atoms. The molecule has 0 bridgehead atoms. The number of anilines is 1. The van der Waals surface area contributed by atoms with Crippen LogP contribution in [0, 0.1) is 5.92 Å². The molecule has 2 heterocycles. The molecule has 122 valence electrons. The van der Waals surface area contributed by atoms with Gasteiger partial charge in [-0.15, -0.1) is 0 Å². The largest absolute Gasteiger partial charge is 0.322 e. The molecular weight excluding hydrogens is 328 g/mol. The summed E-state index contributed by atoms with van der Waals surface area (Å²) in [7, 11) is 0. The van der Waals surface area contributed by atoms with Crippen LogP contribution in [0.5, 0.6) is 0 Å². The molecule has 1 unspecified atom stereocenters. The van der Waals surface area contributed by atoms with Crippen molar-refractivity contribution in [2.45, 2.75) is 13.3 Å². The average Bonchev–Trinajstić information content (AvgIpc) is 2.56. The maximum atomic E-state index is 12.2. The number of carbonyl (C=O) groups is 2. The van der Waals surface area contributed by atoms with E-state index in [1.54, 1.807) is 24.3 Å². The van der Waals surface area contributed by atoms with Crippen LogP contribution in [0.2, 0.25) is 5.15 Å². The Balaban J connectivity index is 1.75. The van der Waals surface area contributed by atoms with Crippen molar-refractivity contribution in [2.75, 3.05) is 5.32 Å². The molecular formula is C17H15ClN4O2. The Kier molecular flexibility index (Phi) is 4.57. The highest BCUT2D eigenvalue weighted by atomic mass is 35.5. The maximum absolute atomic E-state index is 12.2. The minimum atomic E-state index is -0.323. The van der Waals surface area contributed by atoms with Crippen molar-refractivity contribution in [1.29, 1.82) is 0 Å². The second-order valence-electron chi connectivity index (χ2n) is 5.51. The molecule has 1 atom stereocenters. The monoisotopic (exact) mass is 342 g/mol. The fourth-order valence-corrected chi connectivity index (χ4v) is 2.69. The number of nitrogens with zero attached hydrogens (tertiary/aromatic N) is 2. The number of hydrazone groups is 1. The molecule has 6 nitrogen and oxygen atoms in total. The van der Waals surface area contributed by atoms with Gasteiger partial charge in [0.2, 0.25) is 5.91 Å². The number of halogens is 1. The van der Waals surface area contributed by atoms with Gasteiger partial charge in [0.1, 0.15) is 5.15 Å². The Hall–Kier alpha value is -2.73. The van der Waals surface area contributed by atoms with Crippen LogP contribution < -0.4 is 10.7 Å². The van der Waals surface area contributed by atoms with Crippen molar-refractivity contribution < 1.29 is 9.59 Å². The van der Waals surface area contributed by atoms with Crippen molar-refractivity contribution in [2.24, 2.45) is 11.0 Å². The van der Waals surface area contributed by atoms with E-state index in [0.717, 1.165) is 11.3 Å². The number of hydrogen-bond acceptors (Lipinski definition) is 4. The Morgan fingerprint density at radius 2 is 2.04 bits per heavy atom. The molecule has 0 saturated heterocycles. The van der Waals surface area contributed by atoms with E-state index < -0.39 is 0 Å². The summed E-state index contributed by atoms with van der Waals surface area (Å²) in [5, 5.41) is 7.05. The summed E-state index contributed by atoms with van der Waals surface area (Å²) in [5.74, 6) is -0.353. The normalized spacial score (nSPS) is 17.0. The zero-order valence-corrected chi connectivity index (χ0v) is 13.7. The topological polar surface area (TPSA) is 83.5 Å². The molecule has 1 aromatic heterocycles. The first-order chi connectivity index (χ1) is 11.5. The number of hydrogen-bond donors (Lipinski definition) is 2. The molecule has 0 saturated carbocycles. The van der Waals surface area contributed by atoms with Crippen LogP contribution in [0.25, 0.3) is 0 Å². The highest BCUT2D eigenvalue weighted by Gasteiger charge is 2.21. The van der Waals surface area contributed by atoms with Gasteiger partial charge >= 0.3 is 0 Å². The van der Waals surface area contributed by atoms with E-state index in [1.807, 2.05) is 19.1 Å². The predicted molar refractivity (Wildman–Crippen MR) is 92.1 cm³/mol. The quantitative estimate of drug-likeness (QED) is 0.841. The Morgan fingerprint density at radius 1 is 1.29 bits per heavy atom. The highest BCUT2D eigenvalue weighted by molar-refractivity contribution is 6.33. The lowest BCUT2D eigenvalue weighted by molar-refractivity contribution is -0.121. The van der Waals surface area contributed by atoms with E-state index >= 15 is 0 Å². The minimum absolute atomic E-state index is 0.0494. The molecule has 24 heavy (non-hydrogen) atoms. The average molecular weight is 343 g/mol. The van der Waals surface area contributed by atoms with Crippen molar-refractivity contribution >= 4 is 34.8 Å². The summed E-state index contributed by atoms with van der Waals surface area (Å²) in [6.45, 7) is 1.96. The lowest BCUT2D eigenvalue weighted by Gasteiger charge is -2.19. The van der Waals surface area contributed by atoms with Crippen LogP contribution in [-0.4, -0.2) is 22.5 Å². The molecule has 2 N–H and O–H groups in total. The number of aromatic nitrogens is 1. The molecule has 1 aliphatic heterocycles. The molecule has 3 rings (SSSR count). The van der Waals surface area contributed by atoms with Gasteiger partial charge in [-0.25, -0.2) is 10.4 Å². The third-order valence-corrected chi connectivity index (χ3v) is 4.00. The van der Waals surface area contributed by atoms with Crippen molar-refractivity contribution in [3.8, 4) is 0 Å². The maximum Gasteiger partial charge on any atom is 0.258 e. The van der Waals surface area contributed by atoms with Gasteiger partial charge in [-0.1, -0.05) is 30.7 Å². The number of carbonyl (C=O) groups excluding carboxylic acids is 2. The number of rotatable bonds is 3. The summed E-state index contributed by atoms with van der Waals surface area (Å²) >= 11 is 5.92. The van der Waals surface area contributed by atoms with Gasteiger partial charge in [0.05, 0.1) is 11.3 Å². The third kappa shape index (κ3) is 3.44. The van der Waals surface area contributed by atoms with E-state index in [4.69, 9.17) is 11.6 Å². The first-order valence-electron chi connectivity index (χ1n) is 7.43. The zero-order chi connectivity index (χ0) is 17.1. The van der Waals surface area contributed by atoms with Gasteiger partial charge in [-0.05, 0) is 29.8 Å². The molecule has 1 aliphatic rings. The minimum Gasteiger partial charge on any atom is -0.322 e. The van der Waals surface area contributed by atoms with Crippen LogP contribution in [0.3, 0.4) is 0 Å². The summed E-state index contributed by atoms with van der Waals surface area (Å²) < 4.78 is 0. The number of benzene rings is 1. The number of nitrogens with one attached hydrogen (secondary N) is 2. The van der Waals surface area contributed by atoms with Gasteiger partial charge < -0.3 is 5.32 Å². The Labute approximate surface area is 143 Å². The van der Waals surface area contributed by atoms with Crippen LogP contribution in [0.15, 0.2) is 47.7 Å². The Bertz CT molecular complexity index is 818. The van der Waals surface area contributed by atoms with Gasteiger partial charge in [-0.3, -0.25) is 9.59 Å². The first-order valence-corrected chi connectivity index (χ1v) is 7.81. The lowest BCUT2D eigenvalue weighted by Crippen LogP contribution is -2.31. The summed E-state index contributed by atoms with van der Waals surface area (Å²) in [4.78, 5) is 27.4. The van der Waals surface area contributed by atoms with Gasteiger partial charge in [0.25, 0.3) is 5.91 Å². The van der Waals surface area contributed by atoms with Gasteiger partial charge in [0.15, 0.2) is 0 Å². The summed E-state index contributed by atoms with van der Waals surface area (Å²) in [6, 6.07) is 10.5. The molecule has 0 fully saturated rings. The number of pyridine rings is 1. The molecule has 2 aromatic rings. The van der Waals surface area contributed by atoms with E-state index in [2.05, 4.69) is 20.8 Å². The van der Waals surface area contributed by atoms with Crippen LogP contribution in [0.1, 0.15) is 29.3 Å². The molecule has 0 radical (unpaired) electrons. The van der Waals surface area contributed by atoms with E-state index in [1.165, 1.54) is 6.20 Å². The van der Waals surface area contributed by atoms with E-state index in [-0.39, 0.29) is 22.9 Å². The van der Waals surface area contributed by atoms with E-state index in [9.17, 15) is 9.59 Å². The predicted octanol–water partition coefficient (Wildman–Crippen LogP) is 2.85. The second-order valence-corrected chi connectivity index (χ2v) is 5.87. The summed E-state index contributed by atoms with van der Waals surface area (Å²) in [5.41, 5.74) is 5.17. The third-order valence-electron chi connectivity index (χ3n) is 3.70. The van der Waals surface area contributed by atoms with Gasteiger partial charge in [0, 0.05) is 24.2 Å². The lowest BCUT2D eigenvalue weighted by atomic mass is 9.94. The van der Waals surface area contributed by atoms with Crippen molar-refractivity contribution in [1.82, 2.24) is 10.4 Å². The Morgan fingerprint density at radius 3 is 2.71 bits per heavy atom. The van der Waals surface area contributed by atoms with Crippen LogP contribution >= 0.6 is 11.6 Å². The van der Waals surface area contributed by atoms with Crippen LogP contribution in [0.4, 0.5) is 5.69 Å². The van der Waals surface area contributed by atoms with E-state index in [0.29, 0.717) is 17.7 Å². The van der Waals surface area contributed by atoms with Crippen molar-refractivity contribution in [3.05, 3.63) is 58.9 Å². The van der Waals surface area contributed by atoms with Crippen molar-refractivity contribution in [3.63, 3.8) is 0 Å². The van der Waals surface area contributed by atoms with Gasteiger partial charge in [-0.2, -0.15) is 5.10 Å².